The summed E-state index contributed by atoms with van der Waals surface area (Å²) in [5.74, 6) is -0.0686. The molecule has 0 atom stereocenters. The van der Waals surface area contributed by atoms with E-state index in [1.807, 2.05) is 0 Å². The first-order valence-electron chi connectivity index (χ1n) is 6.80. The zero-order valence-electron chi connectivity index (χ0n) is 12.4. The number of anilines is 1. The molecule has 1 saturated heterocycles. The van der Waals surface area contributed by atoms with Gasteiger partial charge >= 0.3 is 0 Å². The summed E-state index contributed by atoms with van der Waals surface area (Å²) < 4.78 is 10.9. The van der Waals surface area contributed by atoms with E-state index in [4.69, 9.17) is 21.4 Å². The molecule has 122 valence electrons. The van der Waals surface area contributed by atoms with Crippen molar-refractivity contribution in [1.29, 1.82) is 0 Å². The minimum absolute atomic E-state index is 0.0212. The fraction of sp³-hybridized carbons (Fsp3) is 0.0625. The van der Waals surface area contributed by atoms with Crippen LogP contribution in [0.4, 0.5) is 5.69 Å². The summed E-state index contributed by atoms with van der Waals surface area (Å²) >= 11 is 8.30. The molecule has 1 aliphatic rings. The molecule has 6 nitrogen and oxygen atoms in total. The number of methoxy groups -OCH3 is 1. The van der Waals surface area contributed by atoms with E-state index < -0.39 is 11.8 Å². The SMILES string of the molecule is COc1ccc(N2C(=O)/C(=C\c3ccc(Br)o3)C(=O)NC2=S)cc1. The number of hydrogen-bond acceptors (Lipinski definition) is 5. The predicted octanol–water partition coefficient (Wildman–Crippen LogP) is 2.88. The lowest BCUT2D eigenvalue weighted by molar-refractivity contribution is -0.122. The third kappa shape index (κ3) is 3.10. The number of benzene rings is 1. The maximum atomic E-state index is 12.7. The Kier molecular flexibility index (Phi) is 4.50. The van der Waals surface area contributed by atoms with Gasteiger partial charge in [-0.05, 0) is 70.6 Å². The molecule has 0 spiro atoms. The molecule has 1 aliphatic heterocycles. The Morgan fingerprint density at radius 3 is 2.50 bits per heavy atom. The van der Waals surface area contributed by atoms with E-state index in [1.165, 1.54) is 11.0 Å². The number of rotatable bonds is 3. The molecule has 1 N–H and O–H groups in total. The molecule has 1 aromatic carbocycles. The van der Waals surface area contributed by atoms with E-state index >= 15 is 0 Å². The van der Waals surface area contributed by atoms with Crippen LogP contribution >= 0.6 is 28.1 Å². The van der Waals surface area contributed by atoms with Gasteiger partial charge in [0.05, 0.1) is 12.8 Å². The van der Waals surface area contributed by atoms with Gasteiger partial charge in [-0.2, -0.15) is 0 Å². The number of thiocarbonyl (C=S) groups is 1. The summed E-state index contributed by atoms with van der Waals surface area (Å²) in [6, 6.07) is 10.1. The van der Waals surface area contributed by atoms with Crippen molar-refractivity contribution in [3.63, 3.8) is 0 Å². The van der Waals surface area contributed by atoms with Gasteiger partial charge in [0.15, 0.2) is 9.78 Å². The van der Waals surface area contributed by atoms with Crippen LogP contribution in [0.5, 0.6) is 5.75 Å². The van der Waals surface area contributed by atoms with Crippen LogP contribution in [0.1, 0.15) is 5.76 Å². The number of halogens is 1. The van der Waals surface area contributed by atoms with Crippen LogP contribution in [0, 0.1) is 0 Å². The van der Waals surface area contributed by atoms with Crippen molar-refractivity contribution in [2.45, 2.75) is 0 Å². The lowest BCUT2D eigenvalue weighted by Crippen LogP contribution is -2.54. The third-order valence-corrected chi connectivity index (χ3v) is 4.02. The quantitative estimate of drug-likeness (QED) is 0.481. The number of amides is 2. The van der Waals surface area contributed by atoms with Crippen molar-refractivity contribution in [3.05, 3.63) is 52.4 Å². The van der Waals surface area contributed by atoms with Crippen molar-refractivity contribution in [2.24, 2.45) is 0 Å². The second kappa shape index (κ2) is 6.58. The molecule has 8 heteroatoms. The lowest BCUT2D eigenvalue weighted by atomic mass is 10.1. The first-order chi connectivity index (χ1) is 11.5. The largest absolute Gasteiger partial charge is 0.497 e. The van der Waals surface area contributed by atoms with Crippen molar-refractivity contribution in [2.75, 3.05) is 12.0 Å². The molecule has 0 radical (unpaired) electrons. The average Bonchev–Trinajstić information content (AvgIpc) is 2.97. The van der Waals surface area contributed by atoms with Crippen LogP contribution in [0.2, 0.25) is 0 Å². The number of nitrogens with one attached hydrogen (secondary N) is 1. The van der Waals surface area contributed by atoms with Gasteiger partial charge in [-0.1, -0.05) is 0 Å². The Balaban J connectivity index is 1.97. The second-order valence-electron chi connectivity index (χ2n) is 4.80. The van der Waals surface area contributed by atoms with Crippen LogP contribution in [-0.2, 0) is 9.59 Å². The van der Waals surface area contributed by atoms with E-state index in [9.17, 15) is 9.59 Å². The molecule has 0 saturated carbocycles. The maximum Gasteiger partial charge on any atom is 0.270 e. The van der Waals surface area contributed by atoms with E-state index in [2.05, 4.69) is 21.2 Å². The van der Waals surface area contributed by atoms with Gasteiger partial charge in [-0.15, -0.1) is 0 Å². The van der Waals surface area contributed by atoms with E-state index in [0.717, 1.165) is 0 Å². The molecule has 2 amide bonds. The Morgan fingerprint density at radius 2 is 1.92 bits per heavy atom. The highest BCUT2D eigenvalue weighted by Crippen LogP contribution is 2.25. The van der Waals surface area contributed by atoms with E-state index in [0.29, 0.717) is 21.9 Å². The van der Waals surface area contributed by atoms with Gasteiger partial charge in [-0.3, -0.25) is 19.8 Å². The summed E-state index contributed by atoms with van der Waals surface area (Å²) in [6.45, 7) is 0. The first-order valence-corrected chi connectivity index (χ1v) is 8.00. The number of ether oxygens (including phenoxy) is 1. The van der Waals surface area contributed by atoms with E-state index in [-0.39, 0.29) is 10.7 Å². The van der Waals surface area contributed by atoms with Crippen molar-refractivity contribution in [1.82, 2.24) is 5.32 Å². The summed E-state index contributed by atoms with van der Waals surface area (Å²) in [7, 11) is 1.55. The zero-order valence-corrected chi connectivity index (χ0v) is 14.8. The number of nitrogens with zero attached hydrogens (tertiary/aromatic N) is 1. The highest BCUT2D eigenvalue weighted by molar-refractivity contribution is 9.10. The smallest absolute Gasteiger partial charge is 0.270 e. The number of carbonyl (C=O) groups excluding carboxylic acids is 2. The van der Waals surface area contributed by atoms with Gasteiger partial charge in [0.1, 0.15) is 17.1 Å². The molecule has 2 aromatic rings. The highest BCUT2D eigenvalue weighted by Gasteiger charge is 2.34. The minimum atomic E-state index is -0.567. The predicted molar refractivity (Wildman–Crippen MR) is 95.6 cm³/mol. The van der Waals surface area contributed by atoms with Crippen molar-refractivity contribution >= 4 is 56.8 Å². The number of furan rings is 1. The second-order valence-corrected chi connectivity index (χ2v) is 5.97. The van der Waals surface area contributed by atoms with Gasteiger partial charge in [-0.25, -0.2) is 0 Å². The molecule has 0 aliphatic carbocycles. The lowest BCUT2D eigenvalue weighted by Gasteiger charge is -2.28. The van der Waals surface area contributed by atoms with Crippen molar-refractivity contribution in [3.8, 4) is 5.75 Å². The van der Waals surface area contributed by atoms with Crippen LogP contribution in [-0.4, -0.2) is 24.0 Å². The van der Waals surface area contributed by atoms with Gasteiger partial charge in [0.25, 0.3) is 11.8 Å². The molecule has 2 heterocycles. The standard InChI is InChI=1S/C16H11BrN2O4S/c1-22-10-4-2-9(3-5-10)19-15(21)12(14(20)18-16(19)24)8-11-6-7-13(17)23-11/h2-8H,1H3,(H,18,20,24)/b12-8-. The topological polar surface area (TPSA) is 71.8 Å². The Hall–Kier alpha value is -2.45. The Bertz CT molecular complexity index is 857. The monoisotopic (exact) mass is 406 g/mol. The molecule has 0 bridgehead atoms. The fourth-order valence-corrected chi connectivity index (χ4v) is 2.77. The number of hydrogen-bond donors (Lipinski definition) is 1. The molecule has 1 fully saturated rings. The Morgan fingerprint density at radius 1 is 1.21 bits per heavy atom. The Labute approximate surface area is 151 Å². The summed E-state index contributed by atoms with van der Waals surface area (Å²) in [5, 5.41) is 2.53. The van der Waals surface area contributed by atoms with E-state index in [1.54, 1.807) is 43.5 Å². The van der Waals surface area contributed by atoms with Crippen LogP contribution in [0.15, 0.2) is 51.1 Å². The molecule has 1 aromatic heterocycles. The van der Waals surface area contributed by atoms with Gasteiger partial charge in [0, 0.05) is 0 Å². The molecule has 3 rings (SSSR count). The number of carbonyl (C=O) groups is 2. The van der Waals surface area contributed by atoms with Gasteiger partial charge < -0.3 is 9.15 Å². The average molecular weight is 407 g/mol. The molecular weight excluding hydrogens is 396 g/mol. The summed E-state index contributed by atoms with van der Waals surface area (Å²) in [4.78, 5) is 26.1. The fourth-order valence-electron chi connectivity index (χ4n) is 2.17. The first kappa shape index (κ1) is 16.4. The van der Waals surface area contributed by atoms with Crippen molar-refractivity contribution < 1.29 is 18.7 Å². The third-order valence-electron chi connectivity index (χ3n) is 3.31. The summed E-state index contributed by atoms with van der Waals surface area (Å²) in [5.41, 5.74) is 0.457. The van der Waals surface area contributed by atoms with Crippen LogP contribution < -0.4 is 15.0 Å². The normalized spacial score (nSPS) is 16.5. The van der Waals surface area contributed by atoms with Gasteiger partial charge in [0.2, 0.25) is 0 Å². The minimum Gasteiger partial charge on any atom is -0.497 e. The van der Waals surface area contributed by atoms with Crippen LogP contribution in [0.25, 0.3) is 6.08 Å². The maximum absolute atomic E-state index is 12.7. The molecule has 24 heavy (non-hydrogen) atoms. The molecular formula is C16H11BrN2O4S. The molecule has 0 unspecified atom stereocenters. The highest BCUT2D eigenvalue weighted by atomic mass is 79.9. The summed E-state index contributed by atoms with van der Waals surface area (Å²) in [6.07, 6.45) is 1.38. The van der Waals surface area contributed by atoms with Crippen LogP contribution in [0.3, 0.4) is 0 Å². The zero-order chi connectivity index (χ0) is 17.3.